The van der Waals surface area contributed by atoms with Gasteiger partial charge in [-0.15, -0.1) is 0 Å². The van der Waals surface area contributed by atoms with Crippen molar-refractivity contribution in [2.45, 2.75) is 0 Å². The van der Waals surface area contributed by atoms with Gasteiger partial charge in [-0.05, 0) is 24.3 Å². The summed E-state index contributed by atoms with van der Waals surface area (Å²) in [6, 6.07) is 6.54. The fraction of sp³-hybridized carbons (Fsp3) is 0.222. The van der Waals surface area contributed by atoms with Gasteiger partial charge < -0.3 is 4.74 Å². The van der Waals surface area contributed by atoms with Crippen molar-refractivity contribution in [1.82, 2.24) is 0 Å². The second kappa shape index (κ2) is 4.35. The first-order chi connectivity index (χ1) is 6.27. The number of rotatable bonds is 4. The van der Waals surface area contributed by atoms with Crippen LogP contribution in [0.25, 0.3) is 0 Å². The Morgan fingerprint density at radius 1 is 1.38 bits per heavy atom. The van der Waals surface area contributed by atoms with Gasteiger partial charge in [-0.1, -0.05) is 5.18 Å². The highest BCUT2D eigenvalue weighted by molar-refractivity contribution is 5.97. The van der Waals surface area contributed by atoms with Gasteiger partial charge in [0.15, 0.2) is 5.78 Å². The fourth-order valence-corrected chi connectivity index (χ4v) is 0.927. The van der Waals surface area contributed by atoms with Gasteiger partial charge in [0, 0.05) is 5.56 Å². The summed E-state index contributed by atoms with van der Waals surface area (Å²) in [5.74, 6) is 0.397. The Morgan fingerprint density at radius 3 is 2.46 bits per heavy atom. The molecule has 0 radical (unpaired) electrons. The quantitative estimate of drug-likeness (QED) is 0.521. The summed E-state index contributed by atoms with van der Waals surface area (Å²) in [5.41, 5.74) is 0.473. The van der Waals surface area contributed by atoms with Crippen LogP contribution in [0.15, 0.2) is 29.4 Å². The first kappa shape index (κ1) is 9.38. The molecule has 0 atom stereocenters. The third-order valence-corrected chi connectivity index (χ3v) is 1.62. The summed E-state index contributed by atoms with van der Waals surface area (Å²) in [6.45, 7) is -0.313. The van der Waals surface area contributed by atoms with E-state index in [-0.39, 0.29) is 12.3 Å². The first-order valence-electron chi connectivity index (χ1n) is 3.74. The average Bonchev–Trinajstić information content (AvgIpc) is 2.18. The van der Waals surface area contributed by atoms with Crippen LogP contribution in [-0.4, -0.2) is 19.4 Å². The molecule has 68 valence electrons. The maximum atomic E-state index is 11.1. The maximum Gasteiger partial charge on any atom is 0.187 e. The summed E-state index contributed by atoms with van der Waals surface area (Å²) < 4.78 is 4.91. The molecule has 0 saturated heterocycles. The molecule has 0 amide bonds. The molecular formula is C9H9NO3. The average molecular weight is 179 g/mol. The first-order valence-corrected chi connectivity index (χ1v) is 3.74. The van der Waals surface area contributed by atoms with Crippen molar-refractivity contribution in [3.05, 3.63) is 34.7 Å². The standard InChI is InChI=1S/C9H9NO3/c1-13-8-4-2-7(3-5-8)9(11)6-10-12/h2-5H,6H2,1H3. The number of carbonyl (C=O) groups excluding carboxylic acids is 1. The number of hydrogen-bond acceptors (Lipinski definition) is 4. The zero-order chi connectivity index (χ0) is 9.68. The second-order valence-corrected chi connectivity index (χ2v) is 2.44. The molecule has 1 rings (SSSR count). The molecule has 0 aromatic heterocycles. The van der Waals surface area contributed by atoms with E-state index in [0.29, 0.717) is 11.3 Å². The monoisotopic (exact) mass is 179 g/mol. The summed E-state index contributed by atoms with van der Waals surface area (Å²) in [5, 5.41) is 2.52. The Kier molecular flexibility index (Phi) is 3.14. The van der Waals surface area contributed by atoms with E-state index in [2.05, 4.69) is 5.18 Å². The van der Waals surface area contributed by atoms with E-state index in [1.54, 1.807) is 31.4 Å². The third kappa shape index (κ3) is 2.37. The summed E-state index contributed by atoms with van der Waals surface area (Å²) in [7, 11) is 1.55. The number of methoxy groups -OCH3 is 1. The van der Waals surface area contributed by atoms with Crippen LogP contribution in [0.3, 0.4) is 0 Å². The van der Waals surface area contributed by atoms with E-state index >= 15 is 0 Å². The Bertz CT molecular complexity index is 305. The van der Waals surface area contributed by atoms with Crippen LogP contribution < -0.4 is 4.74 Å². The molecule has 1 aromatic rings. The van der Waals surface area contributed by atoms with Crippen molar-refractivity contribution >= 4 is 5.78 Å². The Balaban J connectivity index is 2.79. The van der Waals surface area contributed by atoms with Crippen LogP contribution >= 0.6 is 0 Å². The molecule has 0 aliphatic heterocycles. The largest absolute Gasteiger partial charge is 0.497 e. The summed E-state index contributed by atoms with van der Waals surface area (Å²) >= 11 is 0. The van der Waals surface area contributed by atoms with Gasteiger partial charge in [0.1, 0.15) is 12.3 Å². The number of Topliss-reactive ketones (excluding diaryl/α,β-unsaturated/α-hetero) is 1. The van der Waals surface area contributed by atoms with Crippen LogP contribution in [0.1, 0.15) is 10.4 Å². The lowest BCUT2D eigenvalue weighted by Gasteiger charge is -1.99. The van der Waals surface area contributed by atoms with Gasteiger partial charge in [0.2, 0.25) is 0 Å². The minimum absolute atomic E-state index is 0.280. The van der Waals surface area contributed by atoms with Gasteiger partial charge in [-0.25, -0.2) is 0 Å². The smallest absolute Gasteiger partial charge is 0.187 e. The Labute approximate surface area is 75.5 Å². The second-order valence-electron chi connectivity index (χ2n) is 2.44. The molecule has 0 fully saturated rings. The summed E-state index contributed by atoms with van der Waals surface area (Å²) in [4.78, 5) is 20.9. The molecule has 0 saturated carbocycles. The van der Waals surface area contributed by atoms with Crippen molar-refractivity contribution in [2.24, 2.45) is 5.18 Å². The van der Waals surface area contributed by atoms with Crippen LogP contribution in [0.2, 0.25) is 0 Å². The number of nitroso groups, excluding NO2 is 1. The SMILES string of the molecule is COc1ccc(C(=O)CN=O)cc1. The van der Waals surface area contributed by atoms with Crippen LogP contribution in [0.4, 0.5) is 0 Å². The highest BCUT2D eigenvalue weighted by atomic mass is 16.5. The predicted molar refractivity (Wildman–Crippen MR) is 48.0 cm³/mol. The normalized spacial score (nSPS) is 9.31. The zero-order valence-electron chi connectivity index (χ0n) is 7.19. The predicted octanol–water partition coefficient (Wildman–Crippen LogP) is 1.64. The van der Waals surface area contributed by atoms with Crippen molar-refractivity contribution in [2.75, 3.05) is 13.7 Å². The molecule has 0 bridgehead atoms. The lowest BCUT2D eigenvalue weighted by Crippen LogP contribution is -2.02. The number of hydrogen-bond donors (Lipinski definition) is 0. The number of benzene rings is 1. The van der Waals surface area contributed by atoms with Gasteiger partial charge in [-0.2, -0.15) is 4.91 Å². The molecule has 0 N–H and O–H groups in total. The fourth-order valence-electron chi connectivity index (χ4n) is 0.927. The molecule has 1 aromatic carbocycles. The van der Waals surface area contributed by atoms with Gasteiger partial charge in [-0.3, -0.25) is 4.79 Å². The van der Waals surface area contributed by atoms with Gasteiger partial charge >= 0.3 is 0 Å². The van der Waals surface area contributed by atoms with E-state index in [0.717, 1.165) is 0 Å². The molecule has 0 spiro atoms. The lowest BCUT2D eigenvalue weighted by molar-refractivity contribution is 0.100. The maximum absolute atomic E-state index is 11.1. The molecule has 13 heavy (non-hydrogen) atoms. The highest BCUT2D eigenvalue weighted by Crippen LogP contribution is 2.11. The molecule has 0 aliphatic rings. The molecule has 0 unspecified atom stereocenters. The minimum Gasteiger partial charge on any atom is -0.497 e. The van der Waals surface area contributed by atoms with Gasteiger partial charge in [0.25, 0.3) is 0 Å². The Hall–Kier alpha value is -1.71. The molecule has 0 heterocycles. The van der Waals surface area contributed by atoms with E-state index in [1.807, 2.05) is 0 Å². The number of carbonyl (C=O) groups is 1. The minimum atomic E-state index is -0.313. The Morgan fingerprint density at radius 2 is 2.00 bits per heavy atom. The highest BCUT2D eigenvalue weighted by Gasteiger charge is 2.04. The zero-order valence-corrected chi connectivity index (χ0v) is 7.19. The third-order valence-electron chi connectivity index (χ3n) is 1.62. The molecule has 4 heteroatoms. The molecule has 0 aliphatic carbocycles. The lowest BCUT2D eigenvalue weighted by atomic mass is 10.1. The van der Waals surface area contributed by atoms with Crippen molar-refractivity contribution < 1.29 is 9.53 Å². The van der Waals surface area contributed by atoms with E-state index in [1.165, 1.54) is 0 Å². The van der Waals surface area contributed by atoms with E-state index in [9.17, 15) is 9.70 Å². The molecular weight excluding hydrogens is 170 g/mol. The van der Waals surface area contributed by atoms with E-state index < -0.39 is 0 Å². The van der Waals surface area contributed by atoms with Crippen molar-refractivity contribution in [3.8, 4) is 5.75 Å². The number of ether oxygens (including phenoxy) is 1. The van der Waals surface area contributed by atoms with Crippen LogP contribution in [0.5, 0.6) is 5.75 Å². The van der Waals surface area contributed by atoms with Crippen LogP contribution in [0, 0.1) is 4.91 Å². The van der Waals surface area contributed by atoms with E-state index in [4.69, 9.17) is 4.74 Å². The van der Waals surface area contributed by atoms with Crippen LogP contribution in [-0.2, 0) is 0 Å². The summed E-state index contributed by atoms with van der Waals surface area (Å²) in [6.07, 6.45) is 0. The number of nitrogens with zero attached hydrogens (tertiary/aromatic N) is 1. The topological polar surface area (TPSA) is 55.7 Å². The molecule has 4 nitrogen and oxygen atoms in total. The van der Waals surface area contributed by atoms with Gasteiger partial charge in [0.05, 0.1) is 7.11 Å². The van der Waals surface area contributed by atoms with Crippen molar-refractivity contribution in [3.63, 3.8) is 0 Å². The van der Waals surface area contributed by atoms with Crippen molar-refractivity contribution in [1.29, 1.82) is 0 Å². The number of ketones is 1.